The van der Waals surface area contributed by atoms with Crippen molar-refractivity contribution >= 4 is 39.6 Å². The maximum absolute atomic E-state index is 13.8. The molecule has 5 aromatic rings. The summed E-state index contributed by atoms with van der Waals surface area (Å²) in [4.78, 5) is 31.2. The van der Waals surface area contributed by atoms with Gasteiger partial charge in [0, 0.05) is 11.9 Å². The van der Waals surface area contributed by atoms with Crippen LogP contribution >= 0.6 is 11.3 Å². The predicted octanol–water partition coefficient (Wildman–Crippen LogP) is 3.86. The van der Waals surface area contributed by atoms with Gasteiger partial charge in [-0.2, -0.15) is 5.10 Å². The van der Waals surface area contributed by atoms with E-state index in [0.29, 0.717) is 33.6 Å². The number of benzene rings is 1. The molecule has 1 N–H and O–H groups in total. The lowest BCUT2D eigenvalue weighted by atomic mass is 10.2. The molecular weight excluding hydrogens is 417 g/mol. The molecule has 0 spiro atoms. The van der Waals surface area contributed by atoms with Crippen LogP contribution in [0.2, 0.25) is 0 Å². The Hall–Kier alpha value is -3.85. The second-order valence-corrected chi connectivity index (χ2v) is 8.00. The number of nitrogens with one attached hydrogen (secondary N) is 1. The van der Waals surface area contributed by atoms with Gasteiger partial charge in [0.15, 0.2) is 5.65 Å². The van der Waals surface area contributed by atoms with E-state index in [1.165, 1.54) is 26.5 Å². The summed E-state index contributed by atoms with van der Waals surface area (Å²) in [5.74, 6) is -0.857. The minimum atomic E-state index is -0.446. The number of aromatic nitrogens is 4. The van der Waals surface area contributed by atoms with Gasteiger partial charge in [0.25, 0.3) is 5.56 Å². The first-order valence-electron chi connectivity index (χ1n) is 9.48. The van der Waals surface area contributed by atoms with Crippen LogP contribution in [-0.4, -0.2) is 25.1 Å². The Balaban J connectivity index is 1.58. The summed E-state index contributed by atoms with van der Waals surface area (Å²) >= 11 is 1.52. The molecule has 0 fully saturated rings. The number of aryl methyl sites for hydroxylation is 1. The number of nitrogens with zero attached hydrogens (tertiary/aromatic N) is 4. The van der Waals surface area contributed by atoms with Gasteiger partial charge in [-0.05, 0) is 54.3 Å². The van der Waals surface area contributed by atoms with Crippen LogP contribution in [0.1, 0.15) is 5.56 Å². The molecule has 0 bridgehead atoms. The minimum absolute atomic E-state index is 0.244. The quantitative estimate of drug-likeness (QED) is 0.467. The first-order chi connectivity index (χ1) is 15.0. The van der Waals surface area contributed by atoms with Gasteiger partial charge >= 0.3 is 0 Å². The highest BCUT2D eigenvalue weighted by Gasteiger charge is 2.17. The van der Waals surface area contributed by atoms with Gasteiger partial charge in [0.2, 0.25) is 5.91 Å². The molecule has 0 saturated carbocycles. The Labute approximate surface area is 179 Å². The molecule has 0 aliphatic heterocycles. The second-order valence-electron chi connectivity index (χ2n) is 7.05. The first-order valence-corrected chi connectivity index (χ1v) is 10.4. The van der Waals surface area contributed by atoms with Crippen LogP contribution < -0.4 is 10.9 Å². The zero-order valence-corrected chi connectivity index (χ0v) is 17.2. The summed E-state index contributed by atoms with van der Waals surface area (Å²) in [5, 5.41) is 9.14. The van der Waals surface area contributed by atoms with Crippen LogP contribution in [-0.2, 0) is 11.3 Å². The van der Waals surface area contributed by atoms with E-state index in [0.717, 1.165) is 4.88 Å². The first kappa shape index (κ1) is 19.1. The van der Waals surface area contributed by atoms with Gasteiger partial charge in [-0.15, -0.1) is 11.3 Å². The number of amides is 1. The number of carbonyl (C=O) groups excluding carboxylic acids is 1. The number of pyridine rings is 1. The van der Waals surface area contributed by atoms with Crippen LogP contribution in [0.15, 0.2) is 64.9 Å². The highest BCUT2D eigenvalue weighted by Crippen LogP contribution is 2.25. The van der Waals surface area contributed by atoms with E-state index < -0.39 is 11.7 Å². The van der Waals surface area contributed by atoms with E-state index in [4.69, 9.17) is 0 Å². The fourth-order valence-corrected chi connectivity index (χ4v) is 4.10. The van der Waals surface area contributed by atoms with Gasteiger partial charge in [0.05, 0.1) is 10.4 Å². The molecule has 0 saturated heterocycles. The zero-order valence-electron chi connectivity index (χ0n) is 16.4. The predicted molar refractivity (Wildman–Crippen MR) is 118 cm³/mol. The average molecular weight is 433 g/mol. The number of thiophene rings is 1. The molecule has 0 unspecified atom stereocenters. The largest absolute Gasteiger partial charge is 0.324 e. The molecule has 5 rings (SSSR count). The number of anilines is 1. The van der Waals surface area contributed by atoms with Crippen molar-refractivity contribution in [2.75, 3.05) is 5.32 Å². The zero-order chi connectivity index (χ0) is 21.5. The van der Waals surface area contributed by atoms with Crippen molar-refractivity contribution in [2.45, 2.75) is 13.5 Å². The third-order valence-electron chi connectivity index (χ3n) is 4.96. The van der Waals surface area contributed by atoms with Gasteiger partial charge in [-0.1, -0.05) is 12.1 Å². The van der Waals surface area contributed by atoms with Crippen LogP contribution in [0.5, 0.6) is 0 Å². The summed E-state index contributed by atoms with van der Waals surface area (Å²) in [5.41, 5.74) is 2.38. The molecule has 0 atom stereocenters. The second kappa shape index (κ2) is 7.44. The van der Waals surface area contributed by atoms with Crippen molar-refractivity contribution in [3.05, 3.63) is 81.8 Å². The number of halogens is 1. The molecule has 154 valence electrons. The van der Waals surface area contributed by atoms with Crippen molar-refractivity contribution in [1.82, 2.24) is 19.2 Å². The fourth-order valence-electron chi connectivity index (χ4n) is 3.42. The van der Waals surface area contributed by atoms with Crippen molar-refractivity contribution in [3.63, 3.8) is 0 Å². The Morgan fingerprint density at radius 3 is 2.81 bits per heavy atom. The minimum Gasteiger partial charge on any atom is -0.324 e. The number of fused-ring (bicyclic) bond motifs is 3. The molecule has 4 heterocycles. The molecule has 4 aromatic heterocycles. The summed E-state index contributed by atoms with van der Waals surface area (Å²) < 4.78 is 16.7. The van der Waals surface area contributed by atoms with Gasteiger partial charge in [-0.3, -0.25) is 14.2 Å². The maximum atomic E-state index is 13.8. The van der Waals surface area contributed by atoms with Crippen molar-refractivity contribution in [3.8, 4) is 10.6 Å². The number of hydrogen-bond donors (Lipinski definition) is 1. The van der Waals surface area contributed by atoms with E-state index >= 15 is 0 Å². The lowest BCUT2D eigenvalue weighted by Crippen LogP contribution is -2.29. The molecule has 31 heavy (non-hydrogen) atoms. The highest BCUT2D eigenvalue weighted by molar-refractivity contribution is 7.13. The number of carbonyl (C=O) groups is 1. The smallest absolute Gasteiger partial charge is 0.277 e. The molecule has 9 heteroatoms. The standard InChI is InChI=1S/C22H16FN5O2S/c1-13-6-7-14(10-15(13)23)25-20(29)12-27-17-4-2-8-24-21(17)28-18(22(27)30)11-16(26-28)19-5-3-9-31-19/h2-11H,12H2,1H3,(H,25,29). The lowest BCUT2D eigenvalue weighted by Gasteiger charge is -2.11. The van der Waals surface area contributed by atoms with Gasteiger partial charge < -0.3 is 5.32 Å². The molecule has 0 aliphatic carbocycles. The normalized spacial score (nSPS) is 11.3. The summed E-state index contributed by atoms with van der Waals surface area (Å²) in [7, 11) is 0. The SMILES string of the molecule is Cc1ccc(NC(=O)Cn2c(=O)c3cc(-c4cccs4)nn3c3ncccc32)cc1F. The van der Waals surface area contributed by atoms with E-state index in [1.807, 2.05) is 17.5 Å². The van der Waals surface area contributed by atoms with Crippen molar-refractivity contribution < 1.29 is 9.18 Å². The summed E-state index contributed by atoms with van der Waals surface area (Å²) in [6.07, 6.45) is 1.61. The maximum Gasteiger partial charge on any atom is 0.277 e. The van der Waals surface area contributed by atoms with Crippen molar-refractivity contribution in [2.24, 2.45) is 0 Å². The third-order valence-corrected chi connectivity index (χ3v) is 5.85. The van der Waals surface area contributed by atoms with Crippen LogP contribution in [0.3, 0.4) is 0 Å². The molecule has 0 aliphatic rings. The van der Waals surface area contributed by atoms with E-state index in [2.05, 4.69) is 15.4 Å². The summed E-state index contributed by atoms with van der Waals surface area (Å²) in [6.45, 7) is 1.40. The molecule has 1 aromatic carbocycles. The third kappa shape index (κ3) is 3.38. The Morgan fingerprint density at radius 2 is 2.03 bits per heavy atom. The van der Waals surface area contributed by atoms with Crippen LogP contribution in [0.25, 0.3) is 27.3 Å². The molecule has 1 amide bonds. The van der Waals surface area contributed by atoms with E-state index in [9.17, 15) is 14.0 Å². The number of rotatable bonds is 4. The van der Waals surface area contributed by atoms with Gasteiger partial charge in [0.1, 0.15) is 23.6 Å². The average Bonchev–Trinajstić information content (AvgIpc) is 3.44. The molecule has 0 radical (unpaired) electrons. The highest BCUT2D eigenvalue weighted by atomic mass is 32.1. The Kier molecular flexibility index (Phi) is 4.59. The van der Waals surface area contributed by atoms with Crippen molar-refractivity contribution in [1.29, 1.82) is 0 Å². The topological polar surface area (TPSA) is 81.3 Å². The van der Waals surface area contributed by atoms with Gasteiger partial charge in [-0.25, -0.2) is 13.9 Å². The Morgan fingerprint density at radius 1 is 1.16 bits per heavy atom. The number of hydrogen-bond acceptors (Lipinski definition) is 5. The lowest BCUT2D eigenvalue weighted by molar-refractivity contribution is -0.116. The molecular formula is C22H16FN5O2S. The fraction of sp³-hybridized carbons (Fsp3) is 0.0909. The van der Waals surface area contributed by atoms with Crippen LogP contribution in [0.4, 0.5) is 10.1 Å². The van der Waals surface area contributed by atoms with E-state index in [1.54, 1.807) is 43.5 Å². The van der Waals surface area contributed by atoms with E-state index in [-0.39, 0.29) is 12.1 Å². The Bertz CT molecular complexity index is 1500. The monoisotopic (exact) mass is 433 g/mol. The molecule has 7 nitrogen and oxygen atoms in total. The summed E-state index contributed by atoms with van der Waals surface area (Å²) in [6, 6.07) is 13.4. The van der Waals surface area contributed by atoms with Crippen LogP contribution in [0, 0.1) is 12.7 Å².